The van der Waals surface area contributed by atoms with E-state index in [-0.39, 0.29) is 0 Å². The molecule has 0 aliphatic rings. The van der Waals surface area contributed by atoms with Crippen LogP contribution in [0, 0.1) is 6.92 Å². The molecule has 15 heavy (non-hydrogen) atoms. The molecule has 1 unspecified atom stereocenters. The number of rotatable bonds is 5. The number of aryl methyl sites for hydroxylation is 1. The minimum absolute atomic E-state index is 0.614. The lowest BCUT2D eigenvalue weighted by Crippen LogP contribution is -2.31. The molecule has 0 saturated heterocycles. The summed E-state index contributed by atoms with van der Waals surface area (Å²) in [6.07, 6.45) is 1.49. The van der Waals surface area contributed by atoms with E-state index in [4.69, 9.17) is 0 Å². The van der Waals surface area contributed by atoms with Gasteiger partial charge < -0.3 is 10.4 Å². The zero-order valence-corrected chi connectivity index (χ0v) is 9.88. The highest BCUT2D eigenvalue weighted by Crippen LogP contribution is 2.17. The summed E-state index contributed by atoms with van der Waals surface area (Å²) in [5.41, 5.74) is 1.84. The fourth-order valence-corrected chi connectivity index (χ4v) is 1.74. The molecular formula is C13H21NO. The first-order chi connectivity index (χ1) is 7.03. The summed E-state index contributed by atoms with van der Waals surface area (Å²) in [4.78, 5) is 0. The molecule has 0 aromatic heterocycles. The molecule has 0 spiro atoms. The molecule has 0 aliphatic heterocycles. The summed E-state index contributed by atoms with van der Waals surface area (Å²) < 4.78 is 0. The van der Waals surface area contributed by atoms with E-state index in [9.17, 15) is 5.11 Å². The van der Waals surface area contributed by atoms with Gasteiger partial charge in [-0.25, -0.2) is 0 Å². The van der Waals surface area contributed by atoms with Crippen LogP contribution in [0.2, 0.25) is 0 Å². The van der Waals surface area contributed by atoms with E-state index in [0.717, 1.165) is 19.4 Å². The Labute approximate surface area is 92.3 Å². The monoisotopic (exact) mass is 207 g/mol. The van der Waals surface area contributed by atoms with Crippen LogP contribution >= 0.6 is 0 Å². The molecule has 2 heteroatoms. The maximum absolute atomic E-state index is 10.1. The van der Waals surface area contributed by atoms with E-state index in [1.807, 2.05) is 20.0 Å². The minimum Gasteiger partial charge on any atom is -0.390 e. The van der Waals surface area contributed by atoms with Crippen molar-refractivity contribution in [2.45, 2.75) is 32.3 Å². The second-order valence-electron chi connectivity index (χ2n) is 4.52. The second-order valence-corrected chi connectivity index (χ2v) is 4.52. The molecule has 1 aromatic rings. The molecule has 0 fully saturated rings. The number of nitrogens with one attached hydrogen (secondary N) is 1. The molecule has 0 radical (unpaired) electrons. The Balaban J connectivity index is 2.60. The van der Waals surface area contributed by atoms with Gasteiger partial charge >= 0.3 is 0 Å². The Kier molecular flexibility index (Phi) is 4.30. The van der Waals surface area contributed by atoms with Crippen LogP contribution in [-0.2, 0) is 6.42 Å². The van der Waals surface area contributed by atoms with Crippen LogP contribution < -0.4 is 5.32 Å². The smallest absolute Gasteiger partial charge is 0.0672 e. The molecular weight excluding hydrogens is 186 g/mol. The van der Waals surface area contributed by atoms with Crippen LogP contribution in [0.15, 0.2) is 24.3 Å². The molecule has 84 valence electrons. The minimum atomic E-state index is -0.614. The lowest BCUT2D eigenvalue weighted by atomic mass is 9.92. The number of aliphatic hydroxyl groups is 1. The first-order valence-electron chi connectivity index (χ1n) is 5.46. The van der Waals surface area contributed by atoms with Gasteiger partial charge in [0.25, 0.3) is 0 Å². The van der Waals surface area contributed by atoms with Crippen LogP contribution in [0.3, 0.4) is 0 Å². The van der Waals surface area contributed by atoms with E-state index in [1.165, 1.54) is 11.1 Å². The lowest BCUT2D eigenvalue weighted by molar-refractivity contribution is 0.0520. The average Bonchev–Trinajstić information content (AvgIpc) is 2.14. The van der Waals surface area contributed by atoms with Crippen LogP contribution in [-0.4, -0.2) is 24.3 Å². The van der Waals surface area contributed by atoms with Gasteiger partial charge in [0.15, 0.2) is 0 Å². The van der Waals surface area contributed by atoms with Gasteiger partial charge in [-0.2, -0.15) is 0 Å². The van der Waals surface area contributed by atoms with E-state index in [0.29, 0.717) is 0 Å². The summed E-state index contributed by atoms with van der Waals surface area (Å²) >= 11 is 0. The summed E-state index contributed by atoms with van der Waals surface area (Å²) in [5, 5.41) is 13.2. The van der Waals surface area contributed by atoms with Gasteiger partial charge in [-0.3, -0.25) is 0 Å². The molecule has 0 heterocycles. The van der Waals surface area contributed by atoms with Gasteiger partial charge in [-0.15, -0.1) is 0 Å². The molecule has 2 nitrogen and oxygen atoms in total. The first-order valence-corrected chi connectivity index (χ1v) is 5.46. The third-order valence-electron chi connectivity index (χ3n) is 2.58. The maximum atomic E-state index is 10.1. The van der Waals surface area contributed by atoms with Crippen LogP contribution in [0.25, 0.3) is 0 Å². The molecule has 1 atom stereocenters. The predicted octanol–water partition coefficient (Wildman–Crippen LogP) is 1.90. The van der Waals surface area contributed by atoms with Crippen LogP contribution in [0.4, 0.5) is 0 Å². The van der Waals surface area contributed by atoms with Gasteiger partial charge in [0.05, 0.1) is 5.60 Å². The SMILES string of the molecule is CNCCC(C)(O)Cc1cccc(C)c1. The molecule has 1 aromatic carbocycles. The Bertz CT molecular complexity index is 307. The van der Waals surface area contributed by atoms with Gasteiger partial charge in [0.2, 0.25) is 0 Å². The van der Waals surface area contributed by atoms with E-state index < -0.39 is 5.60 Å². The standard InChI is InChI=1S/C13H21NO/c1-11-5-4-6-12(9-11)10-13(2,15)7-8-14-3/h4-6,9,14-15H,7-8,10H2,1-3H3. The highest BCUT2D eigenvalue weighted by molar-refractivity contribution is 5.23. The normalized spacial score (nSPS) is 14.9. The third-order valence-corrected chi connectivity index (χ3v) is 2.58. The van der Waals surface area contributed by atoms with Crippen molar-refractivity contribution in [3.05, 3.63) is 35.4 Å². The fourth-order valence-electron chi connectivity index (χ4n) is 1.74. The quantitative estimate of drug-likeness (QED) is 0.773. The highest BCUT2D eigenvalue weighted by atomic mass is 16.3. The van der Waals surface area contributed by atoms with Gasteiger partial charge in [0.1, 0.15) is 0 Å². The van der Waals surface area contributed by atoms with Gasteiger partial charge in [-0.05, 0) is 39.4 Å². The molecule has 1 rings (SSSR count). The Hall–Kier alpha value is -0.860. The van der Waals surface area contributed by atoms with Gasteiger partial charge in [0, 0.05) is 6.42 Å². The van der Waals surface area contributed by atoms with Crippen molar-refractivity contribution in [3.63, 3.8) is 0 Å². The average molecular weight is 207 g/mol. The topological polar surface area (TPSA) is 32.3 Å². The first kappa shape index (κ1) is 12.2. The number of hydrogen-bond donors (Lipinski definition) is 2. The summed E-state index contributed by atoms with van der Waals surface area (Å²) in [5.74, 6) is 0. The molecule has 2 N–H and O–H groups in total. The van der Waals surface area contributed by atoms with E-state index >= 15 is 0 Å². The summed E-state index contributed by atoms with van der Waals surface area (Å²) in [6, 6.07) is 8.32. The van der Waals surface area contributed by atoms with Crippen molar-refractivity contribution in [2.75, 3.05) is 13.6 Å². The Morgan fingerprint density at radius 3 is 2.73 bits per heavy atom. The number of hydrogen-bond acceptors (Lipinski definition) is 2. The fraction of sp³-hybridized carbons (Fsp3) is 0.538. The van der Waals surface area contributed by atoms with Crippen molar-refractivity contribution in [2.24, 2.45) is 0 Å². The van der Waals surface area contributed by atoms with Crippen molar-refractivity contribution in [1.29, 1.82) is 0 Å². The van der Waals surface area contributed by atoms with Gasteiger partial charge in [-0.1, -0.05) is 29.8 Å². The highest BCUT2D eigenvalue weighted by Gasteiger charge is 2.19. The van der Waals surface area contributed by atoms with E-state index in [1.54, 1.807) is 0 Å². The Morgan fingerprint density at radius 2 is 2.13 bits per heavy atom. The van der Waals surface area contributed by atoms with Crippen molar-refractivity contribution in [3.8, 4) is 0 Å². The van der Waals surface area contributed by atoms with Crippen LogP contribution in [0.5, 0.6) is 0 Å². The zero-order valence-electron chi connectivity index (χ0n) is 9.88. The molecule has 0 amide bonds. The number of benzene rings is 1. The van der Waals surface area contributed by atoms with Crippen molar-refractivity contribution < 1.29 is 5.11 Å². The molecule has 0 aliphatic carbocycles. The maximum Gasteiger partial charge on any atom is 0.0672 e. The second kappa shape index (κ2) is 5.29. The third kappa shape index (κ3) is 4.45. The van der Waals surface area contributed by atoms with Crippen LogP contribution in [0.1, 0.15) is 24.5 Å². The largest absolute Gasteiger partial charge is 0.390 e. The van der Waals surface area contributed by atoms with Crippen molar-refractivity contribution in [1.82, 2.24) is 5.32 Å². The summed E-state index contributed by atoms with van der Waals surface area (Å²) in [6.45, 7) is 4.82. The van der Waals surface area contributed by atoms with Crippen molar-refractivity contribution >= 4 is 0 Å². The lowest BCUT2D eigenvalue weighted by Gasteiger charge is -2.23. The summed E-state index contributed by atoms with van der Waals surface area (Å²) in [7, 11) is 1.91. The predicted molar refractivity (Wildman–Crippen MR) is 64.1 cm³/mol. The molecule has 0 bridgehead atoms. The van der Waals surface area contributed by atoms with E-state index in [2.05, 4.69) is 30.4 Å². The zero-order chi connectivity index (χ0) is 11.3. The Morgan fingerprint density at radius 1 is 1.40 bits per heavy atom. The molecule has 0 saturated carbocycles.